The minimum absolute atomic E-state index is 0.0867. The van der Waals surface area contributed by atoms with Gasteiger partial charge in [0.2, 0.25) is 5.91 Å². The third-order valence-electron chi connectivity index (χ3n) is 4.29. The molecule has 0 bridgehead atoms. The first kappa shape index (κ1) is 21.2. The van der Waals surface area contributed by atoms with Crippen molar-refractivity contribution in [2.75, 3.05) is 5.32 Å². The van der Waals surface area contributed by atoms with Gasteiger partial charge in [0.1, 0.15) is 17.3 Å². The molecular formula is C22H15ClFN3O2S2. The average Bonchev–Trinajstić information content (AvgIpc) is 3.34. The number of carbonyl (C=O) groups is 1. The maximum atomic E-state index is 13.3. The minimum atomic E-state index is -0.430. The lowest BCUT2D eigenvalue weighted by Gasteiger charge is -2.04. The van der Waals surface area contributed by atoms with Crippen LogP contribution < -0.4 is 10.6 Å². The van der Waals surface area contributed by atoms with E-state index in [2.05, 4.69) is 15.6 Å². The van der Waals surface area contributed by atoms with E-state index in [4.69, 9.17) is 28.2 Å². The van der Waals surface area contributed by atoms with Crippen LogP contribution in [0.2, 0.25) is 5.02 Å². The van der Waals surface area contributed by atoms with E-state index < -0.39 is 5.91 Å². The van der Waals surface area contributed by atoms with Crippen molar-refractivity contribution in [2.24, 2.45) is 0 Å². The summed E-state index contributed by atoms with van der Waals surface area (Å²) in [6.07, 6.45) is 2.85. The smallest absolute Gasteiger partial charge is 0.250 e. The number of nitrogens with zero attached hydrogens (tertiary/aromatic N) is 1. The molecule has 0 unspecified atom stereocenters. The van der Waals surface area contributed by atoms with E-state index in [1.807, 2.05) is 25.1 Å². The summed E-state index contributed by atoms with van der Waals surface area (Å²) in [7, 11) is 0. The quantitative estimate of drug-likeness (QED) is 0.274. The van der Waals surface area contributed by atoms with Crippen LogP contribution in [0.3, 0.4) is 0 Å². The van der Waals surface area contributed by atoms with Gasteiger partial charge < -0.3 is 9.73 Å². The fraction of sp³-hybridized carbons (Fsp3) is 0.0455. The lowest BCUT2D eigenvalue weighted by atomic mass is 10.1. The Bertz CT molecular complexity index is 1330. The van der Waals surface area contributed by atoms with E-state index in [1.165, 1.54) is 35.6 Å². The Kier molecular flexibility index (Phi) is 6.13. The highest BCUT2D eigenvalue weighted by Crippen LogP contribution is 2.28. The number of thiocarbonyl (C=S) groups is 1. The molecule has 0 aliphatic heterocycles. The van der Waals surface area contributed by atoms with Crippen molar-refractivity contribution in [3.8, 4) is 11.3 Å². The molecule has 4 rings (SSSR count). The predicted octanol–water partition coefficient (Wildman–Crippen LogP) is 6.18. The van der Waals surface area contributed by atoms with Gasteiger partial charge in [-0.2, -0.15) is 0 Å². The number of furan rings is 1. The average molecular weight is 472 g/mol. The predicted molar refractivity (Wildman–Crippen MR) is 127 cm³/mol. The summed E-state index contributed by atoms with van der Waals surface area (Å²) in [5, 5.41) is 6.57. The summed E-state index contributed by atoms with van der Waals surface area (Å²) < 4.78 is 19.7. The van der Waals surface area contributed by atoms with Crippen molar-refractivity contribution < 1.29 is 13.6 Å². The van der Waals surface area contributed by atoms with Crippen LogP contribution in [0.15, 0.2) is 59.0 Å². The summed E-state index contributed by atoms with van der Waals surface area (Å²) in [6, 6.07) is 13.5. The number of amides is 1. The monoisotopic (exact) mass is 471 g/mol. The summed E-state index contributed by atoms with van der Waals surface area (Å²) >= 11 is 12.5. The molecule has 0 aliphatic rings. The normalized spacial score (nSPS) is 11.2. The summed E-state index contributed by atoms with van der Waals surface area (Å²) in [5.41, 5.74) is 2.48. The molecule has 0 aliphatic carbocycles. The fourth-order valence-electron chi connectivity index (χ4n) is 2.74. The Morgan fingerprint density at radius 3 is 2.87 bits per heavy atom. The molecule has 156 valence electrons. The highest BCUT2D eigenvalue weighted by atomic mass is 35.5. The number of thiazole rings is 1. The summed E-state index contributed by atoms with van der Waals surface area (Å²) in [5.74, 6) is 0.386. The van der Waals surface area contributed by atoms with E-state index >= 15 is 0 Å². The number of nitrogens with one attached hydrogen (secondary N) is 2. The minimum Gasteiger partial charge on any atom is -0.457 e. The van der Waals surface area contributed by atoms with E-state index in [0.29, 0.717) is 31.9 Å². The first-order chi connectivity index (χ1) is 14.9. The zero-order valence-electron chi connectivity index (χ0n) is 16.1. The molecule has 4 aromatic rings. The van der Waals surface area contributed by atoms with Crippen LogP contribution in [0, 0.1) is 12.7 Å². The van der Waals surface area contributed by atoms with Gasteiger partial charge in [-0.3, -0.25) is 10.1 Å². The van der Waals surface area contributed by atoms with Gasteiger partial charge in [-0.25, -0.2) is 9.37 Å². The number of hydrogen-bond donors (Lipinski definition) is 2. The standard InChI is InChI=1S/C22H15ClFN3O2S2/c1-12-2-3-13(10-16(12)23)18-8-5-15(29-18)6-9-20(28)26-21(30)27-22-25-17-7-4-14(24)11-19(17)31-22/h2-11H,1H3,(H2,25,26,27,28,30)/b9-6+. The molecule has 0 atom stereocenters. The van der Waals surface area contributed by atoms with Crippen LogP contribution in [0.1, 0.15) is 11.3 Å². The number of hydrogen-bond acceptors (Lipinski definition) is 5. The third kappa shape index (κ3) is 5.16. The molecule has 9 heteroatoms. The van der Waals surface area contributed by atoms with Crippen molar-refractivity contribution in [3.63, 3.8) is 0 Å². The van der Waals surface area contributed by atoms with Gasteiger partial charge in [0.25, 0.3) is 0 Å². The van der Waals surface area contributed by atoms with Gasteiger partial charge in [0, 0.05) is 16.7 Å². The van der Waals surface area contributed by atoms with Gasteiger partial charge >= 0.3 is 0 Å². The van der Waals surface area contributed by atoms with Gasteiger partial charge in [0.05, 0.1) is 10.2 Å². The van der Waals surface area contributed by atoms with Gasteiger partial charge in [-0.05, 0) is 67.2 Å². The molecule has 2 aromatic heterocycles. The number of rotatable bonds is 4. The Morgan fingerprint density at radius 2 is 2.06 bits per heavy atom. The Balaban J connectivity index is 1.36. The SMILES string of the molecule is Cc1ccc(-c2ccc(/C=C/C(=O)NC(=S)Nc3nc4ccc(F)cc4s3)o2)cc1Cl. The third-order valence-corrected chi connectivity index (χ3v) is 5.83. The second-order valence-corrected chi connectivity index (χ2v) is 8.42. The molecule has 1 amide bonds. The van der Waals surface area contributed by atoms with Crippen LogP contribution in [0.25, 0.3) is 27.6 Å². The maximum absolute atomic E-state index is 13.3. The molecule has 2 aromatic carbocycles. The number of halogens is 2. The molecule has 2 N–H and O–H groups in total. The lowest BCUT2D eigenvalue weighted by molar-refractivity contribution is -0.115. The first-order valence-corrected chi connectivity index (χ1v) is 10.7. The van der Waals surface area contributed by atoms with Crippen LogP contribution in [-0.4, -0.2) is 16.0 Å². The van der Waals surface area contributed by atoms with Gasteiger partial charge in [-0.1, -0.05) is 35.1 Å². The Hall–Kier alpha value is -3.07. The van der Waals surface area contributed by atoms with E-state index in [-0.39, 0.29) is 10.9 Å². The van der Waals surface area contributed by atoms with Crippen LogP contribution in [-0.2, 0) is 4.79 Å². The van der Waals surface area contributed by atoms with Crippen molar-refractivity contribution >= 4 is 67.6 Å². The number of carbonyl (C=O) groups excluding carboxylic acids is 1. The number of fused-ring (bicyclic) bond motifs is 1. The van der Waals surface area contributed by atoms with Crippen LogP contribution in [0.5, 0.6) is 0 Å². The van der Waals surface area contributed by atoms with Crippen LogP contribution in [0.4, 0.5) is 9.52 Å². The molecule has 2 heterocycles. The topological polar surface area (TPSA) is 67.2 Å². The number of aryl methyl sites for hydroxylation is 1. The van der Waals surface area contributed by atoms with E-state index in [1.54, 1.807) is 18.2 Å². The van der Waals surface area contributed by atoms with Gasteiger partial charge in [-0.15, -0.1) is 0 Å². The molecule has 0 radical (unpaired) electrons. The molecule has 0 saturated heterocycles. The molecular weight excluding hydrogens is 457 g/mol. The highest BCUT2D eigenvalue weighted by Gasteiger charge is 2.09. The Labute approximate surface area is 191 Å². The van der Waals surface area contributed by atoms with Crippen molar-refractivity contribution in [1.82, 2.24) is 10.3 Å². The molecule has 31 heavy (non-hydrogen) atoms. The number of anilines is 1. The van der Waals surface area contributed by atoms with Crippen molar-refractivity contribution in [1.29, 1.82) is 0 Å². The first-order valence-electron chi connectivity index (χ1n) is 9.10. The highest BCUT2D eigenvalue weighted by molar-refractivity contribution is 7.80. The second-order valence-electron chi connectivity index (χ2n) is 6.57. The molecule has 0 fully saturated rings. The Morgan fingerprint density at radius 1 is 1.23 bits per heavy atom. The molecule has 0 spiro atoms. The van der Waals surface area contributed by atoms with Crippen LogP contribution >= 0.6 is 35.2 Å². The zero-order valence-corrected chi connectivity index (χ0v) is 18.5. The molecule has 0 saturated carbocycles. The lowest BCUT2D eigenvalue weighted by Crippen LogP contribution is -2.32. The summed E-state index contributed by atoms with van der Waals surface area (Å²) in [6.45, 7) is 1.93. The van der Waals surface area contributed by atoms with Gasteiger partial charge in [0.15, 0.2) is 10.2 Å². The summed E-state index contributed by atoms with van der Waals surface area (Å²) in [4.78, 5) is 16.4. The van der Waals surface area contributed by atoms with Crippen molar-refractivity contribution in [3.05, 3.63) is 76.8 Å². The van der Waals surface area contributed by atoms with E-state index in [0.717, 1.165) is 11.1 Å². The molecule has 5 nitrogen and oxygen atoms in total. The zero-order chi connectivity index (χ0) is 22.0. The fourth-order valence-corrected chi connectivity index (χ4v) is 4.07. The number of aromatic nitrogens is 1. The van der Waals surface area contributed by atoms with E-state index in [9.17, 15) is 9.18 Å². The second kappa shape index (κ2) is 8.97. The van der Waals surface area contributed by atoms with Crippen molar-refractivity contribution in [2.45, 2.75) is 6.92 Å². The number of benzene rings is 2. The largest absolute Gasteiger partial charge is 0.457 e. The maximum Gasteiger partial charge on any atom is 0.250 e.